The number of imidazole rings is 1. The van der Waals surface area contributed by atoms with E-state index < -0.39 is 0 Å². The van der Waals surface area contributed by atoms with Gasteiger partial charge in [0.2, 0.25) is 0 Å². The minimum Gasteiger partial charge on any atom is -0.522 e. The minimum absolute atomic E-state index is 0. The number of aromatic nitrogens is 5. The third-order valence-electron chi connectivity index (χ3n) is 11.9. The Balaban J connectivity index is 0.00000458. The largest absolute Gasteiger partial charge is 0.522 e. The third kappa shape index (κ3) is 6.56. The molecule has 0 N–H and O–H groups in total. The molecule has 0 fully saturated rings. The Labute approximate surface area is 374 Å². The summed E-state index contributed by atoms with van der Waals surface area (Å²) in [5, 5.41) is 5.39. The molecule has 0 unspecified atom stereocenters. The fourth-order valence-electron chi connectivity index (χ4n) is 8.76. The standard InChI is InChI=1S/C55H44N5O.Pt/c1-54(2,3)36-29-45-41-20-11-10-19-40(41)44-23-16-22-39(35-17-8-7-9-18-35)53(44)59-34-58(47-25-14-15-26-48(47)59)51-33-38(32-50(57-51)55(4,5)6)61-37-27-28-43-42-21-12-13-24-46(42)60(49(43)31-37)52(30-36)56-45;/h7-30,32,34H,1-6H3;/q-3;. The van der Waals surface area contributed by atoms with Crippen LogP contribution in [0.2, 0.25) is 0 Å². The maximum absolute atomic E-state index is 6.83. The van der Waals surface area contributed by atoms with Crippen LogP contribution in [0.25, 0.3) is 94.0 Å². The number of benzene rings is 6. The molecule has 5 heterocycles. The molecule has 11 rings (SSSR count). The van der Waals surface area contributed by atoms with Gasteiger partial charge < -0.3 is 22.9 Å². The van der Waals surface area contributed by atoms with Crippen LogP contribution in [-0.2, 0) is 31.9 Å². The van der Waals surface area contributed by atoms with Crippen molar-refractivity contribution >= 4 is 71.5 Å². The first-order valence-corrected chi connectivity index (χ1v) is 20.9. The molecular weight excluding hydrogens is 942 g/mol. The summed E-state index contributed by atoms with van der Waals surface area (Å²) in [6, 6.07) is 61.0. The summed E-state index contributed by atoms with van der Waals surface area (Å²) < 4.78 is 13.5. The van der Waals surface area contributed by atoms with Crippen molar-refractivity contribution in [3.05, 3.63) is 181 Å². The summed E-state index contributed by atoms with van der Waals surface area (Å²) >= 11 is 0. The van der Waals surface area contributed by atoms with Gasteiger partial charge in [-0.2, -0.15) is 6.07 Å². The predicted octanol–water partition coefficient (Wildman–Crippen LogP) is 14.1. The molecular formula is C55H44N5OPt-3. The van der Waals surface area contributed by atoms with Crippen LogP contribution in [-0.4, -0.2) is 23.5 Å². The smallest absolute Gasteiger partial charge is 0.136 e. The average Bonchev–Trinajstić information content (AvgIpc) is 3.81. The molecule has 7 heteroatoms. The summed E-state index contributed by atoms with van der Waals surface area (Å²) in [5.41, 5.74) is 12.3. The van der Waals surface area contributed by atoms with E-state index in [9.17, 15) is 0 Å². The van der Waals surface area contributed by atoms with Gasteiger partial charge in [0.15, 0.2) is 0 Å². The van der Waals surface area contributed by atoms with Crippen LogP contribution in [0.4, 0.5) is 0 Å². The first-order valence-electron chi connectivity index (χ1n) is 20.9. The Bertz CT molecular complexity index is 3620. The van der Waals surface area contributed by atoms with E-state index in [0.717, 1.165) is 82.8 Å². The number of hydrogen-bond donors (Lipinski definition) is 0. The topological polar surface area (TPSA) is 53.2 Å². The van der Waals surface area contributed by atoms with Crippen LogP contribution >= 0.6 is 0 Å². The Morgan fingerprint density at radius 2 is 1.23 bits per heavy atom. The third-order valence-corrected chi connectivity index (χ3v) is 11.9. The van der Waals surface area contributed by atoms with Crippen molar-refractivity contribution in [1.29, 1.82) is 0 Å². The van der Waals surface area contributed by atoms with Gasteiger partial charge in [-0.25, -0.2) is 11.1 Å². The fourth-order valence-corrected chi connectivity index (χ4v) is 8.76. The molecule has 6 aromatic carbocycles. The van der Waals surface area contributed by atoms with Crippen molar-refractivity contribution in [2.24, 2.45) is 0 Å². The van der Waals surface area contributed by atoms with Crippen LogP contribution in [0.15, 0.2) is 162 Å². The number of rotatable bonds is 1. The maximum Gasteiger partial charge on any atom is 0.136 e. The summed E-state index contributed by atoms with van der Waals surface area (Å²) in [6.45, 7) is 13.3. The van der Waals surface area contributed by atoms with Crippen molar-refractivity contribution in [2.45, 2.75) is 52.4 Å². The van der Waals surface area contributed by atoms with Crippen LogP contribution < -0.4 is 0 Å². The average molecular weight is 986 g/mol. The number of fused-ring (bicyclic) bond motifs is 20. The second-order valence-electron chi connectivity index (χ2n) is 18.1. The summed E-state index contributed by atoms with van der Waals surface area (Å²) in [7, 11) is 0. The molecule has 0 spiro atoms. The molecule has 6 nitrogen and oxygen atoms in total. The number of nitrogens with zero attached hydrogens (tertiary/aromatic N) is 5. The van der Waals surface area contributed by atoms with E-state index in [0.29, 0.717) is 16.8 Å². The minimum atomic E-state index is -0.282. The van der Waals surface area contributed by atoms with Gasteiger partial charge in [-0.05, 0) is 95.7 Å². The monoisotopic (exact) mass is 985 g/mol. The molecule has 62 heavy (non-hydrogen) atoms. The first kappa shape index (κ1) is 39.5. The van der Waals surface area contributed by atoms with E-state index >= 15 is 0 Å². The number of para-hydroxylation sites is 4. The van der Waals surface area contributed by atoms with E-state index in [1.807, 2.05) is 12.1 Å². The zero-order valence-corrected chi connectivity index (χ0v) is 37.7. The Morgan fingerprint density at radius 1 is 0.548 bits per heavy atom. The van der Waals surface area contributed by atoms with Crippen LogP contribution in [0.5, 0.6) is 0 Å². The molecule has 0 atom stereocenters. The quantitative estimate of drug-likeness (QED) is 0.154. The van der Waals surface area contributed by atoms with E-state index in [2.05, 4.69) is 213 Å². The Kier molecular flexibility index (Phi) is 9.42. The van der Waals surface area contributed by atoms with E-state index in [1.165, 1.54) is 5.56 Å². The molecule has 0 amide bonds. The predicted molar refractivity (Wildman–Crippen MR) is 251 cm³/mol. The molecule has 4 aromatic heterocycles. The van der Waals surface area contributed by atoms with Crippen LogP contribution in [0, 0.1) is 12.1 Å². The SMILES string of the molecule is CC(C)(C)c1cc2nc(c1)n1c3[c-]c(ccc3c3ccccc31)oc1[c-]c(nc(C(C)(C)C)c1)n1[cH-]n(c3c(-c4ccccc4)cccc3c3ccccc23)-c2ccccc2-1.[Pt]. The molecule has 8 bridgehead atoms. The van der Waals surface area contributed by atoms with Gasteiger partial charge in [0.25, 0.3) is 0 Å². The molecule has 10 aromatic rings. The summed E-state index contributed by atoms with van der Waals surface area (Å²) in [5.74, 6) is 0. The van der Waals surface area contributed by atoms with Crippen molar-refractivity contribution in [1.82, 2.24) is 23.5 Å². The van der Waals surface area contributed by atoms with Crippen LogP contribution in [0.1, 0.15) is 52.8 Å². The van der Waals surface area contributed by atoms with E-state index in [4.69, 9.17) is 14.4 Å². The van der Waals surface area contributed by atoms with Gasteiger partial charge in [-0.3, -0.25) is 0 Å². The Hall–Kier alpha value is -6.62. The second kappa shape index (κ2) is 14.8. The Morgan fingerprint density at radius 3 is 1.98 bits per heavy atom. The summed E-state index contributed by atoms with van der Waals surface area (Å²) in [6.07, 6.45) is 2.16. The molecule has 0 saturated carbocycles. The van der Waals surface area contributed by atoms with Crippen LogP contribution in [0.3, 0.4) is 0 Å². The van der Waals surface area contributed by atoms with Crippen molar-refractivity contribution in [3.8, 4) is 22.5 Å². The molecule has 0 radical (unpaired) electrons. The second-order valence-corrected chi connectivity index (χ2v) is 18.1. The van der Waals surface area contributed by atoms with Gasteiger partial charge in [-0.15, -0.1) is 23.6 Å². The molecule has 0 saturated heterocycles. The van der Waals surface area contributed by atoms with Crippen molar-refractivity contribution < 1.29 is 25.5 Å². The van der Waals surface area contributed by atoms with Gasteiger partial charge in [-0.1, -0.05) is 162 Å². The van der Waals surface area contributed by atoms with Crippen molar-refractivity contribution in [3.63, 3.8) is 0 Å². The molecule has 308 valence electrons. The normalized spacial score (nSPS) is 12.2. The van der Waals surface area contributed by atoms with Gasteiger partial charge in [0.05, 0.1) is 5.52 Å². The molecule has 1 aliphatic heterocycles. The fraction of sp³-hybridized carbons (Fsp3) is 0.145. The maximum atomic E-state index is 6.83. The van der Waals surface area contributed by atoms with E-state index in [-0.39, 0.29) is 31.9 Å². The van der Waals surface area contributed by atoms with E-state index in [1.54, 1.807) is 0 Å². The zero-order valence-electron chi connectivity index (χ0n) is 35.5. The first-order chi connectivity index (χ1) is 29.5. The number of pyridine rings is 2. The molecule has 1 aliphatic rings. The van der Waals surface area contributed by atoms with Gasteiger partial charge in [0.1, 0.15) is 5.65 Å². The number of hydrogen-bond acceptors (Lipinski definition) is 3. The van der Waals surface area contributed by atoms with Crippen molar-refractivity contribution in [2.75, 3.05) is 0 Å². The molecule has 0 aliphatic carbocycles. The zero-order chi connectivity index (χ0) is 41.6. The summed E-state index contributed by atoms with van der Waals surface area (Å²) in [4.78, 5) is 10.9. The van der Waals surface area contributed by atoms with Gasteiger partial charge >= 0.3 is 0 Å². The van der Waals surface area contributed by atoms with Gasteiger partial charge in [0, 0.05) is 43.9 Å².